The standard InChI is InChI=1S/C21H20FN3O3S/c22-19-8-2-1-7-18(19)20-9-12-24(13-14-29(20,27)28)21(26)16-5-3-6-17(15-16)25-11-4-10-23-25/h1-8,10-11,15,20H,9,12-14H2. The zero-order valence-corrected chi connectivity index (χ0v) is 16.4. The summed E-state index contributed by atoms with van der Waals surface area (Å²) in [5.41, 5.74) is 1.37. The first-order chi connectivity index (χ1) is 14.0. The molecular formula is C21H20FN3O3S. The van der Waals surface area contributed by atoms with Gasteiger partial charge in [0, 0.05) is 36.6 Å². The zero-order valence-electron chi connectivity index (χ0n) is 15.6. The minimum Gasteiger partial charge on any atom is -0.338 e. The van der Waals surface area contributed by atoms with Crippen molar-refractivity contribution in [2.45, 2.75) is 11.7 Å². The second-order valence-electron chi connectivity index (χ2n) is 6.96. The van der Waals surface area contributed by atoms with Crippen LogP contribution in [0.2, 0.25) is 0 Å². The van der Waals surface area contributed by atoms with Crippen LogP contribution >= 0.6 is 0 Å². The number of nitrogens with zero attached hydrogens (tertiary/aromatic N) is 3. The summed E-state index contributed by atoms with van der Waals surface area (Å²) in [6, 6.07) is 14.7. The van der Waals surface area contributed by atoms with Crippen molar-refractivity contribution in [3.8, 4) is 5.69 Å². The first-order valence-electron chi connectivity index (χ1n) is 9.31. The minimum atomic E-state index is -3.58. The summed E-state index contributed by atoms with van der Waals surface area (Å²) >= 11 is 0. The van der Waals surface area contributed by atoms with Gasteiger partial charge < -0.3 is 4.90 Å². The van der Waals surface area contributed by atoms with Gasteiger partial charge in [-0.2, -0.15) is 5.10 Å². The third kappa shape index (κ3) is 3.93. The van der Waals surface area contributed by atoms with Gasteiger partial charge in [0.05, 0.1) is 16.7 Å². The molecular weight excluding hydrogens is 393 g/mol. The highest BCUT2D eigenvalue weighted by Gasteiger charge is 2.34. The molecule has 1 atom stereocenters. The van der Waals surface area contributed by atoms with E-state index in [1.807, 2.05) is 6.07 Å². The van der Waals surface area contributed by atoms with E-state index in [0.717, 1.165) is 5.69 Å². The summed E-state index contributed by atoms with van der Waals surface area (Å²) < 4.78 is 41.4. The maximum absolute atomic E-state index is 14.2. The van der Waals surface area contributed by atoms with Gasteiger partial charge in [0.15, 0.2) is 9.84 Å². The average Bonchev–Trinajstić information content (AvgIpc) is 3.21. The summed E-state index contributed by atoms with van der Waals surface area (Å²) in [4.78, 5) is 14.6. The lowest BCUT2D eigenvalue weighted by molar-refractivity contribution is 0.0766. The van der Waals surface area contributed by atoms with E-state index in [-0.39, 0.29) is 36.7 Å². The van der Waals surface area contributed by atoms with Gasteiger partial charge in [-0.1, -0.05) is 24.3 Å². The summed E-state index contributed by atoms with van der Waals surface area (Å²) in [5.74, 6) is -0.979. The maximum atomic E-state index is 14.2. The molecule has 1 saturated heterocycles. The number of carbonyl (C=O) groups excluding carboxylic acids is 1. The molecule has 3 aromatic rings. The molecule has 29 heavy (non-hydrogen) atoms. The van der Waals surface area contributed by atoms with Gasteiger partial charge in [-0.3, -0.25) is 4.79 Å². The number of benzene rings is 2. The first-order valence-corrected chi connectivity index (χ1v) is 11.0. The zero-order chi connectivity index (χ0) is 20.4. The summed E-state index contributed by atoms with van der Waals surface area (Å²) in [6.45, 7) is 0.321. The number of aromatic nitrogens is 2. The topological polar surface area (TPSA) is 72.3 Å². The lowest BCUT2D eigenvalue weighted by Crippen LogP contribution is -2.33. The Labute approximate surface area is 168 Å². The Morgan fingerprint density at radius 3 is 2.66 bits per heavy atom. The highest BCUT2D eigenvalue weighted by atomic mass is 32.2. The molecule has 8 heteroatoms. The van der Waals surface area contributed by atoms with Gasteiger partial charge in [-0.25, -0.2) is 17.5 Å². The van der Waals surface area contributed by atoms with E-state index in [0.29, 0.717) is 5.56 Å². The molecule has 1 aromatic heterocycles. The molecule has 1 aliphatic rings. The van der Waals surface area contributed by atoms with Crippen LogP contribution in [-0.2, 0) is 9.84 Å². The van der Waals surface area contributed by atoms with E-state index in [1.165, 1.54) is 23.1 Å². The van der Waals surface area contributed by atoms with Crippen molar-refractivity contribution in [3.63, 3.8) is 0 Å². The maximum Gasteiger partial charge on any atom is 0.253 e. The quantitative estimate of drug-likeness (QED) is 0.662. The smallest absolute Gasteiger partial charge is 0.253 e. The van der Waals surface area contributed by atoms with E-state index in [1.54, 1.807) is 47.4 Å². The molecule has 150 valence electrons. The number of rotatable bonds is 3. The molecule has 2 heterocycles. The monoisotopic (exact) mass is 413 g/mol. The Kier molecular flexibility index (Phi) is 5.19. The fourth-order valence-electron chi connectivity index (χ4n) is 3.62. The van der Waals surface area contributed by atoms with Crippen molar-refractivity contribution < 1.29 is 17.6 Å². The van der Waals surface area contributed by atoms with E-state index in [2.05, 4.69) is 5.10 Å². The minimum absolute atomic E-state index is 0.0815. The van der Waals surface area contributed by atoms with Crippen LogP contribution in [0.25, 0.3) is 5.69 Å². The molecule has 0 radical (unpaired) electrons. The van der Waals surface area contributed by atoms with Crippen molar-refractivity contribution in [2.24, 2.45) is 0 Å². The van der Waals surface area contributed by atoms with Crippen LogP contribution in [0.4, 0.5) is 4.39 Å². The predicted octanol–water partition coefficient (Wildman–Crippen LogP) is 3.01. The van der Waals surface area contributed by atoms with Crippen LogP contribution in [0.3, 0.4) is 0 Å². The van der Waals surface area contributed by atoms with E-state index in [4.69, 9.17) is 0 Å². The highest BCUT2D eigenvalue weighted by Crippen LogP contribution is 2.31. The summed E-state index contributed by atoms with van der Waals surface area (Å²) in [7, 11) is -3.58. The molecule has 1 amide bonds. The van der Waals surface area contributed by atoms with Gasteiger partial charge in [0.25, 0.3) is 5.91 Å². The van der Waals surface area contributed by atoms with Crippen LogP contribution in [0.15, 0.2) is 67.0 Å². The lowest BCUT2D eigenvalue weighted by atomic mass is 10.1. The molecule has 0 bridgehead atoms. The van der Waals surface area contributed by atoms with Gasteiger partial charge in [-0.15, -0.1) is 0 Å². The first kappa shape index (κ1) is 19.3. The number of hydrogen-bond donors (Lipinski definition) is 0. The third-order valence-electron chi connectivity index (χ3n) is 5.14. The van der Waals surface area contributed by atoms with Crippen LogP contribution in [-0.4, -0.2) is 47.8 Å². The number of halogens is 1. The molecule has 6 nitrogen and oxygen atoms in total. The van der Waals surface area contributed by atoms with E-state index in [9.17, 15) is 17.6 Å². The molecule has 0 saturated carbocycles. The fraction of sp³-hybridized carbons (Fsp3) is 0.238. The van der Waals surface area contributed by atoms with E-state index < -0.39 is 20.9 Å². The molecule has 4 rings (SSSR count). The van der Waals surface area contributed by atoms with Crippen molar-refractivity contribution >= 4 is 15.7 Å². The van der Waals surface area contributed by atoms with Gasteiger partial charge in [0.2, 0.25) is 0 Å². The Bertz CT molecular complexity index is 1130. The number of carbonyl (C=O) groups is 1. The van der Waals surface area contributed by atoms with Crippen molar-refractivity contribution in [2.75, 3.05) is 18.8 Å². The van der Waals surface area contributed by atoms with Crippen LogP contribution in [0, 0.1) is 5.82 Å². The highest BCUT2D eigenvalue weighted by molar-refractivity contribution is 7.91. The van der Waals surface area contributed by atoms with E-state index >= 15 is 0 Å². The van der Waals surface area contributed by atoms with Crippen LogP contribution in [0.5, 0.6) is 0 Å². The molecule has 1 aliphatic heterocycles. The van der Waals surface area contributed by atoms with Crippen molar-refractivity contribution in [1.82, 2.24) is 14.7 Å². The van der Waals surface area contributed by atoms with Gasteiger partial charge >= 0.3 is 0 Å². The molecule has 2 aromatic carbocycles. The van der Waals surface area contributed by atoms with Crippen LogP contribution < -0.4 is 0 Å². The van der Waals surface area contributed by atoms with Gasteiger partial charge in [-0.05, 0) is 36.8 Å². The van der Waals surface area contributed by atoms with Gasteiger partial charge in [0.1, 0.15) is 5.82 Å². The summed E-state index contributed by atoms with van der Waals surface area (Å²) in [6.07, 6.45) is 3.59. The van der Waals surface area contributed by atoms with Crippen molar-refractivity contribution in [3.05, 3.63) is 83.9 Å². The Hall–Kier alpha value is -3.00. The number of sulfone groups is 1. The Morgan fingerprint density at radius 2 is 1.90 bits per heavy atom. The average molecular weight is 413 g/mol. The Balaban J connectivity index is 1.58. The molecule has 0 spiro atoms. The third-order valence-corrected chi connectivity index (χ3v) is 7.25. The normalized spacial score (nSPS) is 18.9. The predicted molar refractivity (Wildman–Crippen MR) is 107 cm³/mol. The summed E-state index contributed by atoms with van der Waals surface area (Å²) in [5, 5.41) is 3.21. The molecule has 1 unspecified atom stereocenters. The van der Waals surface area contributed by atoms with Crippen LogP contribution in [0.1, 0.15) is 27.6 Å². The SMILES string of the molecule is O=C(c1cccc(-n2cccn2)c1)N1CCC(c2ccccc2F)S(=O)(=O)CC1. The molecule has 1 fully saturated rings. The largest absolute Gasteiger partial charge is 0.338 e. The molecule has 0 aliphatic carbocycles. The second-order valence-corrected chi connectivity index (χ2v) is 9.26. The number of hydrogen-bond acceptors (Lipinski definition) is 4. The second kappa shape index (κ2) is 7.79. The molecule has 0 N–H and O–H groups in total. The lowest BCUT2D eigenvalue weighted by Gasteiger charge is -2.20. The Morgan fingerprint density at radius 1 is 1.07 bits per heavy atom. The number of amides is 1. The fourth-order valence-corrected chi connectivity index (χ4v) is 5.42. The van der Waals surface area contributed by atoms with Crippen molar-refractivity contribution in [1.29, 1.82) is 0 Å².